The van der Waals surface area contributed by atoms with Gasteiger partial charge < -0.3 is 0 Å². The Kier molecular flexibility index (Phi) is 4.51. The van der Waals surface area contributed by atoms with E-state index >= 15 is 0 Å². The topological polar surface area (TPSA) is 52.2 Å². The first-order valence-electron chi connectivity index (χ1n) is 9.77. The summed E-state index contributed by atoms with van der Waals surface area (Å²) in [6.45, 7) is 4.47. The highest BCUT2D eigenvalue weighted by molar-refractivity contribution is 7.99. The number of benzene rings is 1. The molecular weight excluding hydrogens is 388 g/mol. The highest BCUT2D eigenvalue weighted by Gasteiger charge is 2.26. The fourth-order valence-corrected chi connectivity index (χ4v) is 6.45. The van der Waals surface area contributed by atoms with Crippen molar-refractivity contribution < 1.29 is 0 Å². The van der Waals surface area contributed by atoms with Crippen LogP contribution in [0.1, 0.15) is 37.1 Å². The molecule has 5 nitrogen and oxygen atoms in total. The van der Waals surface area contributed by atoms with Crippen LogP contribution in [0.2, 0.25) is 0 Å². The first-order valence-corrected chi connectivity index (χ1v) is 11.6. The summed E-state index contributed by atoms with van der Waals surface area (Å²) in [4.78, 5) is 15.9. The van der Waals surface area contributed by atoms with E-state index in [9.17, 15) is 4.79 Å². The van der Waals surface area contributed by atoms with Crippen LogP contribution >= 0.6 is 23.1 Å². The number of thiophene rings is 1. The Balaban J connectivity index is 1.80. The number of fused-ring (bicyclic) bond motifs is 5. The van der Waals surface area contributed by atoms with Gasteiger partial charge >= 0.3 is 0 Å². The zero-order valence-corrected chi connectivity index (χ0v) is 17.6. The predicted octanol–water partition coefficient (Wildman–Crippen LogP) is 4.72. The summed E-state index contributed by atoms with van der Waals surface area (Å²) in [5.74, 6) is 2.26. The average molecular weight is 411 g/mol. The summed E-state index contributed by atoms with van der Waals surface area (Å²) in [5, 5.41) is 10.7. The lowest BCUT2D eigenvalue weighted by Gasteiger charge is -2.10. The van der Waals surface area contributed by atoms with Crippen LogP contribution in [0.4, 0.5) is 0 Å². The summed E-state index contributed by atoms with van der Waals surface area (Å²) in [7, 11) is 0. The Morgan fingerprint density at radius 1 is 1.18 bits per heavy atom. The van der Waals surface area contributed by atoms with Crippen LogP contribution in [0.3, 0.4) is 0 Å². The first kappa shape index (κ1) is 17.9. The normalized spacial score (nSPS) is 13.8. The molecule has 1 aliphatic rings. The van der Waals surface area contributed by atoms with Gasteiger partial charge in [0.1, 0.15) is 4.83 Å². The molecule has 0 unspecified atom stereocenters. The maximum Gasteiger partial charge on any atom is 0.268 e. The summed E-state index contributed by atoms with van der Waals surface area (Å²) in [6.07, 6.45) is 4.32. The molecule has 0 spiro atoms. The number of hydrogen-bond acceptors (Lipinski definition) is 5. The quantitative estimate of drug-likeness (QED) is 0.447. The van der Waals surface area contributed by atoms with Gasteiger partial charge in [-0.15, -0.1) is 21.5 Å². The van der Waals surface area contributed by atoms with Crippen molar-refractivity contribution in [3.05, 3.63) is 51.1 Å². The van der Waals surface area contributed by atoms with Crippen LogP contribution in [0.25, 0.3) is 21.7 Å². The Bertz CT molecular complexity index is 1220. The van der Waals surface area contributed by atoms with Crippen molar-refractivity contribution in [2.24, 2.45) is 5.92 Å². The molecule has 0 aliphatic heterocycles. The molecule has 1 aliphatic carbocycles. The fourth-order valence-electron chi connectivity index (χ4n) is 3.84. The van der Waals surface area contributed by atoms with E-state index in [0.29, 0.717) is 11.7 Å². The molecular formula is C21H22N4OS2. The van der Waals surface area contributed by atoms with Crippen LogP contribution in [-0.2, 0) is 12.8 Å². The lowest BCUT2D eigenvalue weighted by molar-refractivity contribution is 0.631. The third kappa shape index (κ3) is 2.79. The van der Waals surface area contributed by atoms with E-state index in [-0.39, 0.29) is 5.56 Å². The van der Waals surface area contributed by atoms with Gasteiger partial charge in [0.2, 0.25) is 5.78 Å². The number of para-hydroxylation sites is 1. The molecule has 0 radical (unpaired) electrons. The smallest absolute Gasteiger partial charge is 0.268 e. The van der Waals surface area contributed by atoms with Gasteiger partial charge in [0, 0.05) is 10.6 Å². The minimum Gasteiger partial charge on any atom is -0.268 e. The molecule has 7 heteroatoms. The fraction of sp³-hybridized carbons (Fsp3) is 0.381. The van der Waals surface area contributed by atoms with Crippen molar-refractivity contribution in [3.63, 3.8) is 0 Å². The summed E-state index contributed by atoms with van der Waals surface area (Å²) >= 11 is 3.48. The largest absolute Gasteiger partial charge is 0.268 e. The second kappa shape index (κ2) is 7.04. The molecule has 3 heterocycles. The van der Waals surface area contributed by atoms with Gasteiger partial charge in [0.05, 0.1) is 11.1 Å². The molecule has 0 atom stereocenters. The van der Waals surface area contributed by atoms with Crippen molar-refractivity contribution in [1.29, 1.82) is 0 Å². The molecule has 0 saturated heterocycles. The monoisotopic (exact) mass is 410 g/mol. The molecule has 144 valence electrons. The Labute approximate surface area is 171 Å². The Hall–Kier alpha value is -2.12. The van der Waals surface area contributed by atoms with Gasteiger partial charge in [-0.3, -0.25) is 4.79 Å². The zero-order chi connectivity index (χ0) is 19.3. The van der Waals surface area contributed by atoms with Crippen LogP contribution in [-0.4, -0.2) is 24.9 Å². The SMILES string of the molecule is CC(C)CCSc1nnc2n(-c3ccccc3)c(=O)c3c4c(sc3n12)CCC4. The van der Waals surface area contributed by atoms with Crippen molar-refractivity contribution in [1.82, 2.24) is 19.2 Å². The third-order valence-corrected chi connectivity index (χ3v) is 7.52. The summed E-state index contributed by atoms with van der Waals surface area (Å²) < 4.78 is 3.84. The van der Waals surface area contributed by atoms with Gasteiger partial charge in [0.25, 0.3) is 5.56 Å². The predicted molar refractivity (Wildman–Crippen MR) is 116 cm³/mol. The van der Waals surface area contributed by atoms with Crippen LogP contribution in [0, 0.1) is 5.92 Å². The maximum absolute atomic E-state index is 13.6. The molecule has 5 rings (SSSR count). The van der Waals surface area contributed by atoms with Gasteiger partial charge in [-0.05, 0) is 49.3 Å². The molecule has 0 N–H and O–H groups in total. The molecule has 28 heavy (non-hydrogen) atoms. The third-order valence-electron chi connectivity index (χ3n) is 5.28. The number of thioether (sulfide) groups is 1. The van der Waals surface area contributed by atoms with Crippen molar-refractivity contribution in [2.75, 3.05) is 5.75 Å². The van der Waals surface area contributed by atoms with E-state index in [1.165, 1.54) is 10.4 Å². The van der Waals surface area contributed by atoms with E-state index in [4.69, 9.17) is 0 Å². The molecule has 0 amide bonds. The molecule has 4 aromatic rings. The zero-order valence-electron chi connectivity index (χ0n) is 16.0. The summed E-state index contributed by atoms with van der Waals surface area (Å²) in [6, 6.07) is 9.79. The first-order chi connectivity index (χ1) is 13.6. The van der Waals surface area contributed by atoms with E-state index in [1.54, 1.807) is 27.7 Å². The van der Waals surface area contributed by atoms with Crippen molar-refractivity contribution in [3.8, 4) is 5.69 Å². The van der Waals surface area contributed by atoms with Gasteiger partial charge in [-0.1, -0.05) is 43.8 Å². The lowest BCUT2D eigenvalue weighted by atomic mass is 10.2. The molecule has 1 aromatic carbocycles. The second-order valence-corrected chi connectivity index (χ2v) is 9.81. The molecule has 3 aromatic heterocycles. The van der Waals surface area contributed by atoms with Crippen LogP contribution in [0.5, 0.6) is 0 Å². The van der Waals surface area contributed by atoms with E-state index in [1.807, 2.05) is 30.3 Å². The lowest BCUT2D eigenvalue weighted by Crippen LogP contribution is -2.21. The summed E-state index contributed by atoms with van der Waals surface area (Å²) in [5.41, 5.74) is 2.10. The highest BCUT2D eigenvalue weighted by atomic mass is 32.2. The van der Waals surface area contributed by atoms with E-state index in [2.05, 4.69) is 28.4 Å². The Morgan fingerprint density at radius 3 is 2.79 bits per heavy atom. The number of nitrogens with zero attached hydrogens (tertiary/aromatic N) is 4. The second-order valence-electron chi connectivity index (χ2n) is 7.66. The van der Waals surface area contributed by atoms with Gasteiger partial charge in [-0.2, -0.15) is 0 Å². The minimum absolute atomic E-state index is 0.0271. The highest BCUT2D eigenvalue weighted by Crippen LogP contribution is 2.37. The molecule has 0 bridgehead atoms. The van der Waals surface area contributed by atoms with Crippen molar-refractivity contribution >= 4 is 39.1 Å². The number of hydrogen-bond donors (Lipinski definition) is 0. The standard InChI is InChI=1S/C21H22N4OS2/c1-13(2)11-12-27-21-23-22-20-24(14-7-4-3-5-8-14)18(26)17-15-9-6-10-16(15)28-19(17)25(20)21/h3-5,7-8,13H,6,9-12H2,1-2H3. The van der Waals surface area contributed by atoms with E-state index in [0.717, 1.165) is 52.5 Å². The number of rotatable bonds is 5. The minimum atomic E-state index is 0.0271. The van der Waals surface area contributed by atoms with E-state index < -0.39 is 0 Å². The number of aryl methyl sites for hydroxylation is 2. The maximum atomic E-state index is 13.6. The molecule has 0 saturated carbocycles. The Morgan fingerprint density at radius 2 is 2.00 bits per heavy atom. The molecule has 0 fully saturated rings. The average Bonchev–Trinajstić information content (AvgIpc) is 3.36. The van der Waals surface area contributed by atoms with Gasteiger partial charge in [0.15, 0.2) is 5.16 Å². The number of aromatic nitrogens is 4. The van der Waals surface area contributed by atoms with Crippen molar-refractivity contribution in [2.45, 2.75) is 44.7 Å². The van der Waals surface area contributed by atoms with Gasteiger partial charge in [-0.25, -0.2) is 8.97 Å². The van der Waals surface area contributed by atoms with Crippen LogP contribution in [0.15, 0.2) is 40.3 Å². The van der Waals surface area contributed by atoms with Crippen LogP contribution < -0.4 is 5.56 Å².